The fourth-order valence-corrected chi connectivity index (χ4v) is 2.85. The van der Waals surface area contributed by atoms with Gasteiger partial charge in [0.05, 0.1) is 5.41 Å². The van der Waals surface area contributed by atoms with Crippen molar-refractivity contribution in [1.82, 2.24) is 10.3 Å². The highest BCUT2D eigenvalue weighted by atomic mass is 16.4. The van der Waals surface area contributed by atoms with Gasteiger partial charge in [0.1, 0.15) is 0 Å². The molecule has 0 spiro atoms. The molecule has 0 aliphatic heterocycles. The quantitative estimate of drug-likeness (QED) is 0.651. The highest BCUT2D eigenvalue weighted by Crippen LogP contribution is 2.25. The molecule has 0 saturated carbocycles. The van der Waals surface area contributed by atoms with Gasteiger partial charge in [-0.2, -0.15) is 0 Å². The SMILES string of the molecule is CCC(CC)(CNC(=O)CCc1ccc(-c2ccccc2)[nH]1)C(=O)O. The van der Waals surface area contributed by atoms with Crippen LogP contribution in [0.1, 0.15) is 38.8 Å². The summed E-state index contributed by atoms with van der Waals surface area (Å²) in [6, 6.07) is 14.0. The Kier molecular flexibility index (Phi) is 6.39. The van der Waals surface area contributed by atoms with Crippen LogP contribution in [0.15, 0.2) is 42.5 Å². The fraction of sp³-hybridized carbons (Fsp3) is 0.400. The van der Waals surface area contributed by atoms with Gasteiger partial charge >= 0.3 is 5.97 Å². The molecule has 1 aromatic heterocycles. The lowest BCUT2D eigenvalue weighted by atomic mass is 9.82. The van der Waals surface area contributed by atoms with Crippen molar-refractivity contribution in [3.8, 4) is 11.3 Å². The van der Waals surface area contributed by atoms with Crippen molar-refractivity contribution >= 4 is 11.9 Å². The van der Waals surface area contributed by atoms with Crippen LogP contribution in [0.2, 0.25) is 0 Å². The molecule has 2 aromatic rings. The molecule has 0 bridgehead atoms. The summed E-state index contributed by atoms with van der Waals surface area (Å²) in [6.07, 6.45) is 1.92. The zero-order valence-electron chi connectivity index (χ0n) is 14.8. The summed E-state index contributed by atoms with van der Waals surface area (Å²) >= 11 is 0. The van der Waals surface area contributed by atoms with Gasteiger partial charge in [0.15, 0.2) is 0 Å². The average molecular weight is 342 g/mol. The van der Waals surface area contributed by atoms with Crippen molar-refractivity contribution < 1.29 is 14.7 Å². The number of rotatable bonds is 9. The molecule has 0 saturated heterocycles. The average Bonchev–Trinajstić information content (AvgIpc) is 3.11. The first kappa shape index (κ1) is 18.8. The van der Waals surface area contributed by atoms with Gasteiger partial charge in [-0.1, -0.05) is 44.2 Å². The number of H-pyrrole nitrogens is 1. The van der Waals surface area contributed by atoms with Crippen LogP contribution in [0.25, 0.3) is 11.3 Å². The molecule has 5 nitrogen and oxygen atoms in total. The summed E-state index contributed by atoms with van der Waals surface area (Å²) in [5.74, 6) is -0.974. The third-order valence-electron chi connectivity index (χ3n) is 4.88. The molecule has 2 rings (SSSR count). The second-order valence-electron chi connectivity index (χ2n) is 6.33. The van der Waals surface area contributed by atoms with Crippen LogP contribution in [0.3, 0.4) is 0 Å². The first-order chi connectivity index (χ1) is 12.0. The molecule has 0 atom stereocenters. The van der Waals surface area contributed by atoms with E-state index in [-0.39, 0.29) is 12.5 Å². The lowest BCUT2D eigenvalue weighted by Crippen LogP contribution is -2.42. The normalized spacial score (nSPS) is 11.3. The summed E-state index contributed by atoms with van der Waals surface area (Å²) in [5, 5.41) is 12.2. The minimum atomic E-state index is -0.872. The number of carbonyl (C=O) groups excluding carboxylic acids is 1. The predicted molar refractivity (Wildman–Crippen MR) is 98.2 cm³/mol. The lowest BCUT2D eigenvalue weighted by molar-refractivity contribution is -0.149. The molecule has 25 heavy (non-hydrogen) atoms. The van der Waals surface area contributed by atoms with E-state index in [9.17, 15) is 14.7 Å². The van der Waals surface area contributed by atoms with Crippen molar-refractivity contribution in [2.75, 3.05) is 6.54 Å². The van der Waals surface area contributed by atoms with E-state index in [0.29, 0.717) is 25.7 Å². The van der Waals surface area contributed by atoms with Crippen LogP contribution in [-0.4, -0.2) is 28.5 Å². The van der Waals surface area contributed by atoms with Crippen molar-refractivity contribution in [3.05, 3.63) is 48.2 Å². The van der Waals surface area contributed by atoms with Gasteiger partial charge in [-0.15, -0.1) is 0 Å². The maximum absolute atomic E-state index is 12.1. The zero-order valence-corrected chi connectivity index (χ0v) is 14.8. The van der Waals surface area contributed by atoms with E-state index in [1.807, 2.05) is 56.3 Å². The second kappa shape index (κ2) is 8.51. The number of amides is 1. The van der Waals surface area contributed by atoms with Crippen molar-refractivity contribution in [2.45, 2.75) is 39.5 Å². The van der Waals surface area contributed by atoms with Crippen LogP contribution in [0.4, 0.5) is 0 Å². The molecule has 1 heterocycles. The number of carboxylic acid groups (broad SMARTS) is 1. The van der Waals surface area contributed by atoms with Gasteiger partial charge in [-0.25, -0.2) is 0 Å². The second-order valence-corrected chi connectivity index (χ2v) is 6.33. The Bertz CT molecular complexity index is 703. The van der Waals surface area contributed by atoms with E-state index in [1.54, 1.807) is 0 Å². The first-order valence-electron chi connectivity index (χ1n) is 8.74. The van der Waals surface area contributed by atoms with Crippen molar-refractivity contribution in [1.29, 1.82) is 0 Å². The number of aryl methyl sites for hydroxylation is 1. The summed E-state index contributed by atoms with van der Waals surface area (Å²) in [4.78, 5) is 26.9. The van der Waals surface area contributed by atoms with Gasteiger partial charge in [-0.3, -0.25) is 9.59 Å². The van der Waals surface area contributed by atoms with E-state index in [2.05, 4.69) is 10.3 Å². The Morgan fingerprint density at radius 1 is 1.08 bits per heavy atom. The van der Waals surface area contributed by atoms with E-state index in [1.165, 1.54) is 0 Å². The molecule has 0 fully saturated rings. The standard InChI is InChI=1S/C20H26N2O3/c1-3-20(4-2,19(24)25)14-21-18(23)13-11-16-10-12-17(22-16)15-8-6-5-7-9-15/h5-10,12,22H,3-4,11,13-14H2,1-2H3,(H,21,23)(H,24,25). The van der Waals surface area contributed by atoms with Crippen LogP contribution < -0.4 is 5.32 Å². The van der Waals surface area contributed by atoms with Gasteiger partial charge in [0.2, 0.25) is 5.91 Å². The molecule has 0 aliphatic carbocycles. The number of aromatic nitrogens is 1. The maximum atomic E-state index is 12.1. The first-order valence-corrected chi connectivity index (χ1v) is 8.74. The number of hydrogen-bond donors (Lipinski definition) is 3. The molecular weight excluding hydrogens is 316 g/mol. The van der Waals surface area contributed by atoms with E-state index in [4.69, 9.17) is 0 Å². The lowest BCUT2D eigenvalue weighted by Gasteiger charge is -2.26. The number of carboxylic acids is 1. The molecule has 0 radical (unpaired) electrons. The number of aromatic amines is 1. The Morgan fingerprint density at radius 2 is 1.76 bits per heavy atom. The molecular formula is C20H26N2O3. The van der Waals surface area contributed by atoms with Crippen LogP contribution in [0.5, 0.6) is 0 Å². The Hall–Kier alpha value is -2.56. The monoisotopic (exact) mass is 342 g/mol. The Morgan fingerprint density at radius 3 is 2.36 bits per heavy atom. The highest BCUT2D eigenvalue weighted by molar-refractivity contribution is 5.79. The summed E-state index contributed by atoms with van der Waals surface area (Å²) in [7, 11) is 0. The third kappa shape index (κ3) is 4.72. The molecule has 0 unspecified atom stereocenters. The number of aliphatic carboxylic acids is 1. The minimum Gasteiger partial charge on any atom is -0.481 e. The Balaban J connectivity index is 1.86. The summed E-state index contributed by atoms with van der Waals surface area (Å²) < 4.78 is 0. The number of carbonyl (C=O) groups is 2. The molecule has 134 valence electrons. The highest BCUT2D eigenvalue weighted by Gasteiger charge is 2.34. The van der Waals surface area contributed by atoms with Crippen LogP contribution >= 0.6 is 0 Å². The van der Waals surface area contributed by atoms with Gasteiger partial charge in [0, 0.05) is 24.4 Å². The molecule has 0 aliphatic rings. The molecule has 1 aromatic carbocycles. The molecule has 1 amide bonds. The van der Waals surface area contributed by atoms with Gasteiger partial charge in [-0.05, 0) is 37.0 Å². The summed E-state index contributed by atoms with van der Waals surface area (Å²) in [6.45, 7) is 3.86. The summed E-state index contributed by atoms with van der Waals surface area (Å²) in [5.41, 5.74) is 2.25. The third-order valence-corrected chi connectivity index (χ3v) is 4.88. The number of hydrogen-bond acceptors (Lipinski definition) is 2. The Labute approximate surface area is 148 Å². The van der Waals surface area contributed by atoms with E-state index >= 15 is 0 Å². The largest absolute Gasteiger partial charge is 0.481 e. The number of benzene rings is 1. The van der Waals surface area contributed by atoms with Gasteiger partial charge < -0.3 is 15.4 Å². The van der Waals surface area contributed by atoms with Crippen LogP contribution in [-0.2, 0) is 16.0 Å². The predicted octanol–water partition coefficient (Wildman–Crippen LogP) is 3.62. The maximum Gasteiger partial charge on any atom is 0.311 e. The van der Waals surface area contributed by atoms with Crippen LogP contribution in [0, 0.1) is 5.41 Å². The van der Waals surface area contributed by atoms with Crippen molar-refractivity contribution in [2.24, 2.45) is 5.41 Å². The molecule has 5 heteroatoms. The van der Waals surface area contributed by atoms with E-state index in [0.717, 1.165) is 17.0 Å². The van der Waals surface area contributed by atoms with E-state index < -0.39 is 11.4 Å². The minimum absolute atomic E-state index is 0.122. The number of nitrogens with one attached hydrogen (secondary N) is 2. The van der Waals surface area contributed by atoms with Crippen molar-refractivity contribution in [3.63, 3.8) is 0 Å². The van der Waals surface area contributed by atoms with Gasteiger partial charge in [0.25, 0.3) is 0 Å². The molecule has 3 N–H and O–H groups in total. The smallest absolute Gasteiger partial charge is 0.311 e. The topological polar surface area (TPSA) is 82.2 Å². The fourth-order valence-electron chi connectivity index (χ4n) is 2.85. The zero-order chi connectivity index (χ0) is 18.3.